The van der Waals surface area contributed by atoms with Gasteiger partial charge in [0.1, 0.15) is 0 Å². The Morgan fingerprint density at radius 3 is 2.76 bits per heavy atom. The lowest BCUT2D eigenvalue weighted by Crippen LogP contribution is -2.22. The van der Waals surface area contributed by atoms with Crippen molar-refractivity contribution in [3.63, 3.8) is 0 Å². The second-order valence-electron chi connectivity index (χ2n) is 3.75. The van der Waals surface area contributed by atoms with Gasteiger partial charge in [0.2, 0.25) is 0 Å². The van der Waals surface area contributed by atoms with E-state index in [9.17, 15) is 0 Å². The first-order valence-electron chi connectivity index (χ1n) is 5.84. The molecule has 0 aliphatic carbocycles. The van der Waals surface area contributed by atoms with Crippen molar-refractivity contribution in [2.24, 2.45) is 0 Å². The highest BCUT2D eigenvalue weighted by atomic mass is 35.5. The molecule has 1 atom stereocenters. The minimum Gasteiger partial charge on any atom is -0.383 e. The number of rotatable bonds is 9. The second-order valence-corrected chi connectivity index (χ2v) is 5.54. The predicted octanol–water partition coefficient (Wildman–Crippen LogP) is 3.01. The van der Waals surface area contributed by atoms with Gasteiger partial charge < -0.3 is 10.1 Å². The maximum Gasteiger partial charge on any atom is 0.0626 e. The molecule has 0 spiro atoms. The summed E-state index contributed by atoms with van der Waals surface area (Å²) in [5.41, 5.74) is 0. The van der Waals surface area contributed by atoms with E-state index in [1.165, 1.54) is 4.90 Å². The van der Waals surface area contributed by atoms with Gasteiger partial charge in [-0.15, -0.1) is 23.4 Å². The molecule has 0 aliphatic rings. The van der Waals surface area contributed by atoms with Crippen LogP contribution in [0, 0.1) is 0 Å². The van der Waals surface area contributed by atoms with Crippen LogP contribution in [0.1, 0.15) is 6.42 Å². The number of hydrogen-bond acceptors (Lipinski definition) is 3. The van der Waals surface area contributed by atoms with Gasteiger partial charge >= 0.3 is 0 Å². The van der Waals surface area contributed by atoms with E-state index in [0.29, 0.717) is 6.61 Å². The number of hydrogen-bond donors (Lipinski definition) is 1. The molecule has 1 N–H and O–H groups in total. The van der Waals surface area contributed by atoms with Crippen molar-refractivity contribution in [1.29, 1.82) is 0 Å². The first kappa shape index (κ1) is 14.8. The normalized spacial score (nSPS) is 12.6. The van der Waals surface area contributed by atoms with Crippen molar-refractivity contribution >= 4 is 23.4 Å². The van der Waals surface area contributed by atoms with E-state index in [4.69, 9.17) is 16.3 Å². The first-order chi connectivity index (χ1) is 8.33. The van der Waals surface area contributed by atoms with Crippen LogP contribution in [0.25, 0.3) is 0 Å². The summed E-state index contributed by atoms with van der Waals surface area (Å²) < 4.78 is 4.98. The lowest BCUT2D eigenvalue weighted by molar-refractivity contribution is 0.195. The Morgan fingerprint density at radius 1 is 1.29 bits per heavy atom. The minimum absolute atomic E-state index is 0.120. The predicted molar refractivity (Wildman–Crippen MR) is 76.2 cm³/mol. The second kappa shape index (κ2) is 9.77. The molecule has 17 heavy (non-hydrogen) atoms. The van der Waals surface area contributed by atoms with Crippen LogP contribution in [0.15, 0.2) is 35.2 Å². The Kier molecular flexibility index (Phi) is 8.53. The zero-order valence-corrected chi connectivity index (χ0v) is 11.8. The van der Waals surface area contributed by atoms with Crippen LogP contribution in [0.3, 0.4) is 0 Å². The molecule has 1 aromatic rings. The maximum absolute atomic E-state index is 6.02. The average Bonchev–Trinajstić information content (AvgIpc) is 2.35. The Labute approximate surface area is 113 Å². The highest BCUT2D eigenvalue weighted by molar-refractivity contribution is 7.99. The van der Waals surface area contributed by atoms with Crippen molar-refractivity contribution in [1.82, 2.24) is 5.32 Å². The first-order valence-corrected chi connectivity index (χ1v) is 7.26. The smallest absolute Gasteiger partial charge is 0.0626 e. The summed E-state index contributed by atoms with van der Waals surface area (Å²) in [6, 6.07) is 10.5. The van der Waals surface area contributed by atoms with Crippen LogP contribution in [0.5, 0.6) is 0 Å². The van der Waals surface area contributed by atoms with Crippen molar-refractivity contribution in [2.75, 3.05) is 32.6 Å². The average molecular weight is 274 g/mol. The van der Waals surface area contributed by atoms with Crippen molar-refractivity contribution < 1.29 is 4.74 Å². The quantitative estimate of drug-likeness (QED) is 0.425. The van der Waals surface area contributed by atoms with E-state index in [0.717, 1.165) is 25.3 Å². The highest BCUT2D eigenvalue weighted by Crippen LogP contribution is 2.15. The molecule has 0 amide bonds. The molecule has 1 aromatic carbocycles. The third kappa shape index (κ3) is 7.66. The van der Waals surface area contributed by atoms with E-state index >= 15 is 0 Å². The third-order valence-electron chi connectivity index (χ3n) is 2.27. The zero-order chi connectivity index (χ0) is 12.3. The fourth-order valence-corrected chi connectivity index (χ4v) is 2.47. The van der Waals surface area contributed by atoms with E-state index in [1.54, 1.807) is 7.11 Å². The Bertz CT molecular complexity index is 284. The lowest BCUT2D eigenvalue weighted by Gasteiger charge is -2.08. The molecule has 2 nitrogen and oxygen atoms in total. The summed E-state index contributed by atoms with van der Waals surface area (Å²) in [6.07, 6.45) is 0.950. The zero-order valence-electron chi connectivity index (χ0n) is 10.2. The largest absolute Gasteiger partial charge is 0.383 e. The van der Waals surface area contributed by atoms with Gasteiger partial charge in [0.25, 0.3) is 0 Å². The van der Waals surface area contributed by atoms with Crippen molar-refractivity contribution in [2.45, 2.75) is 16.7 Å². The van der Waals surface area contributed by atoms with Crippen LogP contribution < -0.4 is 5.32 Å². The number of ether oxygens (including phenoxy) is 1. The van der Waals surface area contributed by atoms with E-state index in [-0.39, 0.29) is 5.38 Å². The molecule has 0 aromatic heterocycles. The molecule has 0 radical (unpaired) electrons. The van der Waals surface area contributed by atoms with Crippen LogP contribution in [0.4, 0.5) is 0 Å². The van der Waals surface area contributed by atoms with E-state index in [1.807, 2.05) is 17.8 Å². The van der Waals surface area contributed by atoms with Gasteiger partial charge in [0, 0.05) is 24.3 Å². The Morgan fingerprint density at radius 2 is 2.06 bits per heavy atom. The molecule has 0 bridgehead atoms. The number of nitrogens with one attached hydrogen (secondary N) is 1. The minimum atomic E-state index is 0.120. The van der Waals surface area contributed by atoms with Crippen molar-refractivity contribution in [3.8, 4) is 0 Å². The molecule has 0 saturated heterocycles. The lowest BCUT2D eigenvalue weighted by atomic mass is 10.3. The van der Waals surface area contributed by atoms with Gasteiger partial charge in [-0.1, -0.05) is 18.2 Å². The van der Waals surface area contributed by atoms with E-state index in [2.05, 4.69) is 29.6 Å². The van der Waals surface area contributed by atoms with Crippen LogP contribution >= 0.6 is 23.4 Å². The monoisotopic (exact) mass is 273 g/mol. The summed E-state index contributed by atoms with van der Waals surface area (Å²) in [4.78, 5) is 1.32. The van der Waals surface area contributed by atoms with Crippen LogP contribution in [0.2, 0.25) is 0 Å². The van der Waals surface area contributed by atoms with Gasteiger partial charge in [0.15, 0.2) is 0 Å². The van der Waals surface area contributed by atoms with Gasteiger partial charge in [0.05, 0.1) is 12.0 Å². The molecule has 0 saturated carbocycles. The van der Waals surface area contributed by atoms with Gasteiger partial charge in [-0.25, -0.2) is 0 Å². The topological polar surface area (TPSA) is 21.3 Å². The molecule has 1 unspecified atom stereocenters. The molecule has 0 fully saturated rings. The van der Waals surface area contributed by atoms with Crippen molar-refractivity contribution in [3.05, 3.63) is 30.3 Å². The summed E-state index contributed by atoms with van der Waals surface area (Å²) in [5.74, 6) is 1.08. The number of thioether (sulfide) groups is 1. The van der Waals surface area contributed by atoms with Gasteiger partial charge in [-0.2, -0.15) is 0 Å². The molecular weight excluding hydrogens is 254 g/mol. The van der Waals surface area contributed by atoms with Crippen LogP contribution in [-0.4, -0.2) is 37.9 Å². The molecule has 0 heterocycles. The Hall–Kier alpha value is -0.220. The van der Waals surface area contributed by atoms with Gasteiger partial charge in [-0.3, -0.25) is 0 Å². The van der Waals surface area contributed by atoms with Crippen LogP contribution in [-0.2, 0) is 4.74 Å². The summed E-state index contributed by atoms with van der Waals surface area (Å²) in [6.45, 7) is 2.59. The molecule has 96 valence electrons. The summed E-state index contributed by atoms with van der Waals surface area (Å²) >= 11 is 7.89. The number of halogens is 1. The molecule has 0 aliphatic heterocycles. The summed E-state index contributed by atoms with van der Waals surface area (Å²) in [7, 11) is 1.68. The standard InChI is InChI=1S/C13H20ClNOS/c1-16-11-12(14)7-8-15-9-10-17-13-5-3-2-4-6-13/h2-6,12,15H,7-11H2,1H3. The highest BCUT2D eigenvalue weighted by Gasteiger charge is 2.02. The Balaban J connectivity index is 1.95. The fourth-order valence-electron chi connectivity index (χ4n) is 1.41. The molecule has 4 heteroatoms. The molecular formula is C13H20ClNOS. The van der Waals surface area contributed by atoms with Gasteiger partial charge in [-0.05, 0) is 25.1 Å². The summed E-state index contributed by atoms with van der Waals surface area (Å²) in [5, 5.41) is 3.50. The number of methoxy groups -OCH3 is 1. The molecule has 1 rings (SSSR count). The number of benzene rings is 1. The SMILES string of the molecule is COCC(Cl)CCNCCSc1ccccc1. The van der Waals surface area contributed by atoms with E-state index < -0.39 is 0 Å². The maximum atomic E-state index is 6.02. The number of alkyl halides is 1. The third-order valence-corrected chi connectivity index (χ3v) is 3.63. The fraction of sp³-hybridized carbons (Fsp3) is 0.538.